The first-order valence-corrected chi connectivity index (χ1v) is 20.4. The molecule has 59 heavy (non-hydrogen) atoms. The predicted molar refractivity (Wildman–Crippen MR) is 224 cm³/mol. The number of nitrogens with zero attached hydrogens (tertiary/aromatic N) is 5. The van der Waals surface area contributed by atoms with Crippen LogP contribution >= 0.6 is 11.6 Å². The maximum atomic E-state index is 13.5. The number of piperidine rings is 1. The van der Waals surface area contributed by atoms with Crippen LogP contribution in [0, 0.1) is 17.4 Å². The van der Waals surface area contributed by atoms with Crippen LogP contribution in [0.25, 0.3) is 15.6 Å². The smallest absolute Gasteiger partial charge is 0.259 e. The Morgan fingerprint density at radius 1 is 0.966 bits per heavy atom. The number of halogens is 1. The second-order valence-corrected chi connectivity index (χ2v) is 16.9. The Balaban J connectivity index is 0.827. The largest absolute Gasteiger partial charge is 0.489 e. The number of benzene rings is 2. The normalized spacial score (nSPS) is 21.4. The number of rotatable bonds is 14. The monoisotopic (exact) mass is 823 g/mol. The number of pyridine rings is 2. The van der Waals surface area contributed by atoms with E-state index >= 15 is 0 Å². The number of nitrogens with one attached hydrogen (secondary N) is 2. The third-order valence-electron chi connectivity index (χ3n) is 11.9. The first-order valence-electron chi connectivity index (χ1n) is 20.0. The van der Waals surface area contributed by atoms with Crippen molar-refractivity contribution in [1.82, 2.24) is 25.1 Å². The molecule has 2 aromatic carbocycles. The van der Waals surface area contributed by atoms with E-state index in [9.17, 15) is 19.2 Å². The van der Waals surface area contributed by atoms with E-state index in [1.165, 1.54) is 4.57 Å². The highest BCUT2D eigenvalue weighted by Crippen LogP contribution is 2.55. The topological polar surface area (TPSA) is 149 Å². The van der Waals surface area contributed by atoms with E-state index in [2.05, 4.69) is 58.0 Å². The molecule has 7 rings (SSSR count). The number of amides is 3. The van der Waals surface area contributed by atoms with Crippen LogP contribution in [0.3, 0.4) is 0 Å². The molecule has 1 atom stereocenters. The van der Waals surface area contributed by atoms with Crippen LogP contribution in [-0.2, 0) is 25.7 Å². The summed E-state index contributed by atoms with van der Waals surface area (Å²) in [6.07, 6.45) is 1.86. The Morgan fingerprint density at radius 3 is 2.41 bits per heavy atom. The Morgan fingerprint density at radius 2 is 1.71 bits per heavy atom. The Labute approximate surface area is 348 Å². The molecule has 1 unspecified atom stereocenters. The quantitative estimate of drug-likeness (QED) is 0.0943. The highest BCUT2D eigenvalue weighted by molar-refractivity contribution is 6.33. The minimum atomic E-state index is -0.777. The van der Waals surface area contributed by atoms with Crippen LogP contribution in [0.15, 0.2) is 71.7 Å². The zero-order valence-corrected chi connectivity index (χ0v) is 34.6. The molecule has 2 saturated heterocycles. The van der Waals surface area contributed by atoms with E-state index < -0.39 is 11.9 Å². The first kappa shape index (κ1) is 41.8. The summed E-state index contributed by atoms with van der Waals surface area (Å²) >= 11 is 6.25. The number of fused-ring (bicyclic) bond motifs is 1. The van der Waals surface area contributed by atoms with Crippen molar-refractivity contribution in [3.8, 4) is 5.75 Å². The van der Waals surface area contributed by atoms with Gasteiger partial charge in [0, 0.05) is 73.3 Å². The minimum Gasteiger partial charge on any atom is -0.489 e. The number of carbonyl (C=O) groups is 3. The average molecular weight is 824 g/mol. The van der Waals surface area contributed by atoms with Crippen molar-refractivity contribution in [3.05, 3.63) is 105 Å². The van der Waals surface area contributed by atoms with Gasteiger partial charge in [-0.05, 0) is 48.2 Å². The predicted octanol–water partition coefficient (Wildman–Crippen LogP) is 5.55. The number of imide groups is 1. The van der Waals surface area contributed by atoms with Crippen molar-refractivity contribution >= 4 is 51.6 Å². The summed E-state index contributed by atoms with van der Waals surface area (Å²) in [7, 11) is 0. The lowest BCUT2D eigenvalue weighted by Gasteiger charge is -2.63. The fourth-order valence-electron chi connectivity index (χ4n) is 9.01. The fraction of sp³-hybridized carbons (Fsp3) is 0.455. The van der Waals surface area contributed by atoms with E-state index in [0.29, 0.717) is 52.9 Å². The molecule has 14 nitrogen and oxygen atoms in total. The summed E-state index contributed by atoms with van der Waals surface area (Å²) in [5.74, 6) is 0.415. The molecule has 4 aromatic rings. The van der Waals surface area contributed by atoms with Gasteiger partial charge in [-0.1, -0.05) is 63.6 Å². The third kappa shape index (κ3) is 8.84. The fourth-order valence-corrected chi connectivity index (χ4v) is 9.22. The van der Waals surface area contributed by atoms with Crippen LogP contribution in [0.5, 0.6) is 5.75 Å². The highest BCUT2D eigenvalue weighted by Gasteiger charge is 2.64. The highest BCUT2D eigenvalue weighted by atomic mass is 35.5. The van der Waals surface area contributed by atoms with Gasteiger partial charge >= 0.3 is 0 Å². The number of anilines is 1. The molecular formula is C44H50ClN7O7. The molecule has 2 N–H and O–H groups in total. The van der Waals surface area contributed by atoms with Gasteiger partial charge < -0.3 is 24.4 Å². The molecule has 4 heterocycles. The van der Waals surface area contributed by atoms with E-state index in [4.69, 9.17) is 32.4 Å². The van der Waals surface area contributed by atoms with Gasteiger partial charge in [-0.2, -0.15) is 0 Å². The van der Waals surface area contributed by atoms with Crippen molar-refractivity contribution < 1.29 is 28.6 Å². The summed E-state index contributed by atoms with van der Waals surface area (Å²) in [4.78, 5) is 64.0. The molecule has 1 aliphatic carbocycles. The molecule has 0 bridgehead atoms. The van der Waals surface area contributed by atoms with Crippen LogP contribution in [0.2, 0.25) is 5.02 Å². The standard InChI is InChI=1S/C44H50ClN7O7/c1-43(2)41(44(3,4)42(43)59-31-11-12-34(46-5)33(45)25-31)49-38(54)29-10-14-36(47-26-29)51-18-16-50(17-19-51)20-21-57-22-23-58-27-30-24-28-8-6-7-9-32(28)40(56)52(30)35-13-15-37(53)48-39(35)55/h6-12,14,24-26,35,41-42H,13,15-23,27H2,1-4H3,(H,49,54)(H,48,53,55). The number of carbonyl (C=O) groups excluding carboxylic acids is 3. The molecule has 3 fully saturated rings. The van der Waals surface area contributed by atoms with E-state index in [-0.39, 0.29) is 59.8 Å². The molecular weight excluding hydrogens is 774 g/mol. The Kier molecular flexibility index (Phi) is 12.4. The molecule has 3 amide bonds. The van der Waals surface area contributed by atoms with Crippen LogP contribution in [0.1, 0.15) is 62.6 Å². The maximum absolute atomic E-state index is 13.5. The first-order chi connectivity index (χ1) is 28.3. The van der Waals surface area contributed by atoms with Gasteiger partial charge in [-0.3, -0.25) is 34.0 Å². The molecule has 0 spiro atoms. The summed E-state index contributed by atoms with van der Waals surface area (Å²) in [5, 5.41) is 7.21. The van der Waals surface area contributed by atoms with Crippen molar-refractivity contribution in [2.24, 2.45) is 10.8 Å². The van der Waals surface area contributed by atoms with E-state index in [1.54, 1.807) is 36.5 Å². The summed E-state index contributed by atoms with van der Waals surface area (Å²) < 4.78 is 19.6. The molecule has 2 aliphatic heterocycles. The van der Waals surface area contributed by atoms with Gasteiger partial charge in [-0.25, -0.2) is 9.83 Å². The van der Waals surface area contributed by atoms with Gasteiger partial charge in [0.25, 0.3) is 11.5 Å². The Hall–Kier alpha value is -5.33. The summed E-state index contributed by atoms with van der Waals surface area (Å²) in [6.45, 7) is 20.9. The second kappa shape index (κ2) is 17.5. The van der Waals surface area contributed by atoms with E-state index in [1.807, 2.05) is 30.3 Å². The summed E-state index contributed by atoms with van der Waals surface area (Å²) in [6, 6.07) is 17.0. The number of hydrogen-bond donors (Lipinski definition) is 2. The number of ether oxygens (including phenoxy) is 3. The molecule has 15 heteroatoms. The number of aromatic nitrogens is 2. The second-order valence-electron chi connectivity index (χ2n) is 16.5. The zero-order valence-electron chi connectivity index (χ0n) is 33.8. The van der Waals surface area contributed by atoms with Gasteiger partial charge in [0.05, 0.1) is 43.6 Å². The molecule has 3 aliphatic rings. The number of piperazine rings is 1. The van der Waals surface area contributed by atoms with Crippen molar-refractivity contribution in [2.45, 2.75) is 65.3 Å². The summed E-state index contributed by atoms with van der Waals surface area (Å²) in [5.41, 5.74) is 0.417. The molecule has 0 radical (unpaired) electrons. The molecule has 310 valence electrons. The Bertz CT molecular complexity index is 2300. The van der Waals surface area contributed by atoms with Crippen LogP contribution < -0.4 is 25.8 Å². The van der Waals surface area contributed by atoms with Gasteiger partial charge in [0.1, 0.15) is 23.7 Å². The third-order valence-corrected chi connectivity index (χ3v) is 12.2. The lowest BCUT2D eigenvalue weighted by Crippen LogP contribution is -2.74. The lowest BCUT2D eigenvalue weighted by atomic mass is 9.49. The number of hydrogen-bond acceptors (Lipinski definition) is 10. The van der Waals surface area contributed by atoms with Gasteiger partial charge in [-0.15, -0.1) is 0 Å². The van der Waals surface area contributed by atoms with Gasteiger partial charge in [0.15, 0.2) is 0 Å². The molecule has 2 aromatic heterocycles. The lowest BCUT2D eigenvalue weighted by molar-refractivity contribution is -0.164. The van der Waals surface area contributed by atoms with Gasteiger partial charge in [0.2, 0.25) is 17.5 Å². The average Bonchev–Trinajstić information content (AvgIpc) is 3.22. The van der Waals surface area contributed by atoms with Crippen LogP contribution in [-0.4, -0.2) is 96.9 Å². The SMILES string of the molecule is [C-]#[N+]c1ccc(OC2C(C)(C)C(NC(=O)c3ccc(N4CCN(CCOCCOCc5cc6ccccc6c(=O)n5C5CCC(=O)NC5=O)CC4)nc3)C2(C)C)cc1Cl. The van der Waals surface area contributed by atoms with Crippen molar-refractivity contribution in [1.29, 1.82) is 0 Å². The minimum absolute atomic E-state index is 0.120. The van der Waals surface area contributed by atoms with Crippen LogP contribution in [0.4, 0.5) is 11.5 Å². The molecule has 1 saturated carbocycles. The maximum Gasteiger partial charge on any atom is 0.259 e. The zero-order chi connectivity index (χ0) is 41.9. The van der Waals surface area contributed by atoms with Crippen molar-refractivity contribution in [2.75, 3.05) is 57.4 Å². The van der Waals surface area contributed by atoms with Crippen molar-refractivity contribution in [3.63, 3.8) is 0 Å². The van der Waals surface area contributed by atoms with E-state index in [0.717, 1.165) is 43.9 Å².